The minimum atomic E-state index is -0.880. The van der Waals surface area contributed by atoms with Crippen LogP contribution >= 0.6 is 11.3 Å². The van der Waals surface area contributed by atoms with E-state index in [2.05, 4.69) is 4.99 Å². The van der Waals surface area contributed by atoms with Crippen molar-refractivity contribution in [2.24, 2.45) is 4.99 Å². The van der Waals surface area contributed by atoms with E-state index in [9.17, 15) is 29.8 Å². The minimum Gasteiger partial charge on any atom is -0.490 e. The zero-order valence-electron chi connectivity index (χ0n) is 26.3. The highest BCUT2D eigenvalue weighted by Gasteiger charge is 2.34. The van der Waals surface area contributed by atoms with Gasteiger partial charge in [-0.15, -0.1) is 0 Å². The number of nitro groups is 2. The number of nitrogens with zero attached hydrogens (tertiary/aromatic N) is 4. The Labute approximate surface area is 277 Å². The van der Waals surface area contributed by atoms with Gasteiger partial charge in [0.25, 0.3) is 11.2 Å². The van der Waals surface area contributed by atoms with Crippen molar-refractivity contribution in [2.75, 3.05) is 19.8 Å². The molecule has 5 rings (SSSR count). The molecular weight excluding hydrogens is 644 g/mol. The van der Waals surface area contributed by atoms with E-state index in [1.165, 1.54) is 4.57 Å². The number of esters is 1. The molecule has 2 heterocycles. The van der Waals surface area contributed by atoms with Crippen molar-refractivity contribution in [3.05, 3.63) is 123 Å². The Hall–Kier alpha value is -5.83. The van der Waals surface area contributed by atoms with Gasteiger partial charge in [-0.25, -0.2) is 9.79 Å². The first-order valence-electron chi connectivity index (χ1n) is 14.9. The molecule has 0 radical (unpaired) electrons. The summed E-state index contributed by atoms with van der Waals surface area (Å²) < 4.78 is 24.4. The molecule has 15 heteroatoms. The number of ether oxygens (including phenoxy) is 4. The molecule has 14 nitrogen and oxygen atoms in total. The fraction of sp³-hybridized carbons (Fsp3) is 0.242. The zero-order chi connectivity index (χ0) is 34.5. The molecule has 0 amide bonds. The van der Waals surface area contributed by atoms with Gasteiger partial charge in [0.1, 0.15) is 5.75 Å². The van der Waals surface area contributed by atoms with Gasteiger partial charge in [-0.05, 0) is 75.2 Å². The molecule has 0 spiro atoms. The number of nitro benzene ring substituents is 2. The molecule has 0 fully saturated rings. The summed E-state index contributed by atoms with van der Waals surface area (Å²) in [6.45, 7) is 7.99. The van der Waals surface area contributed by atoms with Crippen LogP contribution in [-0.2, 0) is 9.53 Å². The predicted molar refractivity (Wildman–Crippen MR) is 175 cm³/mol. The van der Waals surface area contributed by atoms with Crippen LogP contribution in [0, 0.1) is 20.2 Å². The van der Waals surface area contributed by atoms with Crippen LogP contribution in [0.1, 0.15) is 44.9 Å². The molecular formula is C33H30N4O10S. The van der Waals surface area contributed by atoms with Crippen LogP contribution in [0.4, 0.5) is 11.4 Å². The lowest BCUT2D eigenvalue weighted by molar-refractivity contribution is -0.394. The Morgan fingerprint density at radius 3 is 2.35 bits per heavy atom. The lowest BCUT2D eigenvalue weighted by Crippen LogP contribution is -2.40. The third-order valence-corrected chi connectivity index (χ3v) is 8.12. The SMILES string of the molecule is CCOC(=O)C1=C(C)N=c2s/c(=C\c3cccc(Oc4ccc([N+](=O)[O-])cc4[N+](=O)[O-])c3)c(=O)n2[C@H]1c1ccc(OCC)c(OCC)c1. The molecule has 1 atom stereocenters. The van der Waals surface area contributed by atoms with Crippen molar-refractivity contribution in [1.82, 2.24) is 4.57 Å². The van der Waals surface area contributed by atoms with Gasteiger partial charge in [0.15, 0.2) is 16.3 Å². The van der Waals surface area contributed by atoms with E-state index in [0.29, 0.717) is 50.9 Å². The lowest BCUT2D eigenvalue weighted by Gasteiger charge is -2.25. The van der Waals surface area contributed by atoms with Crippen molar-refractivity contribution < 1.29 is 33.6 Å². The number of benzene rings is 3. The molecule has 1 aliphatic rings. The largest absolute Gasteiger partial charge is 0.490 e. The zero-order valence-corrected chi connectivity index (χ0v) is 27.1. The average Bonchev–Trinajstić information content (AvgIpc) is 3.35. The fourth-order valence-corrected chi connectivity index (χ4v) is 6.19. The molecule has 1 aliphatic heterocycles. The molecule has 0 saturated heterocycles. The van der Waals surface area contributed by atoms with Gasteiger partial charge in [-0.1, -0.05) is 29.5 Å². The van der Waals surface area contributed by atoms with Gasteiger partial charge >= 0.3 is 11.7 Å². The third kappa shape index (κ3) is 6.80. The molecule has 0 aliphatic carbocycles. The standard InChI is InChI=1S/C33H30N4O10S/c1-5-44-26-13-11-21(17-27(26)45-6-2)30-29(32(39)46-7-3)19(4)34-33-35(30)31(38)28(48-33)16-20-9-8-10-23(15-20)47-25-14-12-22(36(40)41)18-24(25)37(42)43/h8-18,30H,5-7H2,1-4H3/b28-16-/t30-/m0/s1. The smallest absolute Gasteiger partial charge is 0.338 e. The van der Waals surface area contributed by atoms with Gasteiger partial charge in [-0.3, -0.25) is 29.6 Å². The topological polar surface area (TPSA) is 175 Å². The summed E-state index contributed by atoms with van der Waals surface area (Å²) in [6.07, 6.45) is 1.62. The predicted octanol–water partition coefficient (Wildman–Crippen LogP) is 5.20. The van der Waals surface area contributed by atoms with Crippen molar-refractivity contribution >= 4 is 34.8 Å². The second kappa shape index (κ2) is 14.3. The molecule has 3 aromatic carbocycles. The maximum Gasteiger partial charge on any atom is 0.338 e. The van der Waals surface area contributed by atoms with E-state index in [1.54, 1.807) is 62.4 Å². The lowest BCUT2D eigenvalue weighted by atomic mass is 9.95. The van der Waals surface area contributed by atoms with Crippen LogP contribution in [0.25, 0.3) is 6.08 Å². The van der Waals surface area contributed by atoms with Crippen molar-refractivity contribution in [3.8, 4) is 23.0 Å². The number of hydrogen-bond donors (Lipinski definition) is 0. The maximum atomic E-state index is 14.1. The number of carbonyl (C=O) groups excluding carboxylic acids is 1. The van der Waals surface area contributed by atoms with Crippen LogP contribution in [0.5, 0.6) is 23.0 Å². The number of fused-ring (bicyclic) bond motifs is 1. The number of aromatic nitrogens is 1. The van der Waals surface area contributed by atoms with E-state index < -0.39 is 38.8 Å². The normalized spacial score (nSPS) is 14.2. The first kappa shape index (κ1) is 33.5. The van der Waals surface area contributed by atoms with Crippen molar-refractivity contribution in [2.45, 2.75) is 33.7 Å². The molecule has 248 valence electrons. The number of non-ortho nitro benzene ring substituents is 1. The van der Waals surface area contributed by atoms with Gasteiger partial charge < -0.3 is 18.9 Å². The Morgan fingerprint density at radius 1 is 0.938 bits per heavy atom. The third-order valence-electron chi connectivity index (χ3n) is 7.13. The Kier molecular flexibility index (Phi) is 9.99. The van der Waals surface area contributed by atoms with Crippen LogP contribution in [0.15, 0.2) is 81.7 Å². The van der Waals surface area contributed by atoms with E-state index >= 15 is 0 Å². The Bertz CT molecular complexity index is 2140. The number of allylic oxidation sites excluding steroid dienone is 1. The van der Waals surface area contributed by atoms with Crippen LogP contribution in [-0.4, -0.2) is 40.2 Å². The number of thiazole rings is 1. The Balaban J connectivity index is 1.60. The first-order chi connectivity index (χ1) is 23.1. The molecule has 0 unspecified atom stereocenters. The number of carbonyl (C=O) groups is 1. The highest BCUT2D eigenvalue weighted by molar-refractivity contribution is 7.07. The van der Waals surface area contributed by atoms with Gasteiger partial charge in [-0.2, -0.15) is 0 Å². The molecule has 1 aromatic heterocycles. The highest BCUT2D eigenvalue weighted by Crippen LogP contribution is 2.37. The van der Waals surface area contributed by atoms with E-state index in [1.807, 2.05) is 13.8 Å². The summed E-state index contributed by atoms with van der Waals surface area (Å²) in [4.78, 5) is 53.5. The second-order valence-corrected chi connectivity index (χ2v) is 11.2. The monoisotopic (exact) mass is 674 g/mol. The van der Waals surface area contributed by atoms with Crippen LogP contribution in [0.2, 0.25) is 0 Å². The second-order valence-electron chi connectivity index (χ2n) is 10.2. The van der Waals surface area contributed by atoms with Crippen molar-refractivity contribution in [1.29, 1.82) is 0 Å². The minimum absolute atomic E-state index is 0.127. The molecule has 0 saturated carbocycles. The number of hydrogen-bond acceptors (Lipinski definition) is 12. The molecule has 48 heavy (non-hydrogen) atoms. The maximum absolute atomic E-state index is 14.1. The summed E-state index contributed by atoms with van der Waals surface area (Å²) in [5.41, 5.74) is 0.296. The molecule has 0 bridgehead atoms. The molecule has 0 N–H and O–H groups in total. The summed E-state index contributed by atoms with van der Waals surface area (Å²) in [5.74, 6) is 0.391. The van der Waals surface area contributed by atoms with E-state index in [-0.39, 0.29) is 23.7 Å². The highest BCUT2D eigenvalue weighted by atomic mass is 32.1. The Morgan fingerprint density at radius 2 is 1.67 bits per heavy atom. The average molecular weight is 675 g/mol. The van der Waals surface area contributed by atoms with Gasteiger partial charge in [0, 0.05) is 6.07 Å². The van der Waals surface area contributed by atoms with Crippen LogP contribution in [0.3, 0.4) is 0 Å². The van der Waals surface area contributed by atoms with Crippen LogP contribution < -0.4 is 29.1 Å². The van der Waals surface area contributed by atoms with Crippen molar-refractivity contribution in [3.63, 3.8) is 0 Å². The fourth-order valence-electron chi connectivity index (χ4n) is 5.14. The number of rotatable bonds is 12. The summed E-state index contributed by atoms with van der Waals surface area (Å²) >= 11 is 1.12. The van der Waals surface area contributed by atoms with E-state index in [0.717, 1.165) is 29.5 Å². The summed E-state index contributed by atoms with van der Waals surface area (Å²) in [5, 5.41) is 22.7. The van der Waals surface area contributed by atoms with E-state index in [4.69, 9.17) is 18.9 Å². The molecule has 4 aromatic rings. The van der Waals surface area contributed by atoms with Gasteiger partial charge in [0.05, 0.1) is 57.6 Å². The summed E-state index contributed by atoms with van der Waals surface area (Å²) in [6, 6.07) is 13.9. The first-order valence-corrected chi connectivity index (χ1v) is 15.7. The quantitative estimate of drug-likeness (QED) is 0.110. The van der Waals surface area contributed by atoms with Gasteiger partial charge in [0.2, 0.25) is 5.75 Å². The summed E-state index contributed by atoms with van der Waals surface area (Å²) in [7, 11) is 0.